The zero-order chi connectivity index (χ0) is 13.9. The van der Waals surface area contributed by atoms with Crippen LogP contribution in [0.3, 0.4) is 0 Å². The van der Waals surface area contributed by atoms with Crippen LogP contribution in [0.1, 0.15) is 18.4 Å². The number of thioether (sulfide) groups is 1. The van der Waals surface area contributed by atoms with Gasteiger partial charge in [0.05, 0.1) is 0 Å². The van der Waals surface area contributed by atoms with Crippen LogP contribution in [-0.4, -0.2) is 42.6 Å². The molecule has 0 fully saturated rings. The Balaban J connectivity index is 2.63. The second-order valence-electron chi connectivity index (χ2n) is 4.77. The first-order valence-electron chi connectivity index (χ1n) is 6.98. The molecule has 0 bridgehead atoms. The summed E-state index contributed by atoms with van der Waals surface area (Å²) in [5, 5.41) is 0. The molecule has 3 nitrogen and oxygen atoms in total. The number of hydrogen-bond donors (Lipinski definition) is 2. The minimum absolute atomic E-state index is 0.458. The molecule has 0 amide bonds. The molecular weight excluding hydrogens is 254 g/mol. The first kappa shape index (κ1) is 16.5. The lowest BCUT2D eigenvalue weighted by Crippen LogP contribution is -2.41. The van der Waals surface area contributed by atoms with E-state index in [-0.39, 0.29) is 0 Å². The summed E-state index contributed by atoms with van der Waals surface area (Å²) in [7, 11) is 0. The van der Waals surface area contributed by atoms with E-state index < -0.39 is 0 Å². The average molecular weight is 281 g/mol. The molecule has 0 saturated carbocycles. The largest absolute Gasteiger partial charge is 0.330 e. The van der Waals surface area contributed by atoms with E-state index in [2.05, 4.69) is 41.5 Å². The summed E-state index contributed by atoms with van der Waals surface area (Å²) >= 11 is 1.89. The van der Waals surface area contributed by atoms with Crippen LogP contribution >= 0.6 is 11.8 Å². The third-order valence-electron chi connectivity index (χ3n) is 3.32. The Morgan fingerprint density at radius 2 is 1.95 bits per heavy atom. The normalized spacial score (nSPS) is 12.8. The van der Waals surface area contributed by atoms with Gasteiger partial charge in [0, 0.05) is 25.7 Å². The van der Waals surface area contributed by atoms with Crippen molar-refractivity contribution in [2.45, 2.75) is 25.4 Å². The molecular formula is C15H27N3S. The Morgan fingerprint density at radius 1 is 1.21 bits per heavy atom. The van der Waals surface area contributed by atoms with Crippen LogP contribution < -0.4 is 11.5 Å². The topological polar surface area (TPSA) is 55.3 Å². The van der Waals surface area contributed by atoms with Crippen molar-refractivity contribution in [1.29, 1.82) is 0 Å². The highest BCUT2D eigenvalue weighted by Crippen LogP contribution is 2.13. The second kappa shape index (κ2) is 10.3. The molecule has 0 aliphatic carbocycles. The molecule has 0 spiro atoms. The molecule has 0 aromatic heterocycles. The summed E-state index contributed by atoms with van der Waals surface area (Å²) in [6, 6.07) is 11.1. The molecule has 0 saturated heterocycles. The van der Waals surface area contributed by atoms with Gasteiger partial charge in [0.2, 0.25) is 0 Å². The van der Waals surface area contributed by atoms with Gasteiger partial charge in [0.1, 0.15) is 0 Å². The third kappa shape index (κ3) is 6.43. The number of nitrogens with zero attached hydrogens (tertiary/aromatic N) is 1. The third-order valence-corrected chi connectivity index (χ3v) is 3.97. The summed E-state index contributed by atoms with van der Waals surface area (Å²) in [5.41, 5.74) is 13.0. The summed E-state index contributed by atoms with van der Waals surface area (Å²) in [5.74, 6) is 1.16. The molecule has 4 heteroatoms. The van der Waals surface area contributed by atoms with Gasteiger partial charge in [-0.1, -0.05) is 30.3 Å². The first-order chi connectivity index (χ1) is 9.31. The van der Waals surface area contributed by atoms with Gasteiger partial charge in [0.15, 0.2) is 0 Å². The molecule has 1 rings (SSSR count). The Hall–Kier alpha value is -0.550. The SMILES string of the molecule is CSCCC(CN)N(CCCN)Cc1ccccc1. The van der Waals surface area contributed by atoms with Gasteiger partial charge < -0.3 is 11.5 Å². The van der Waals surface area contributed by atoms with E-state index in [1.165, 1.54) is 5.56 Å². The highest BCUT2D eigenvalue weighted by atomic mass is 32.2. The number of hydrogen-bond acceptors (Lipinski definition) is 4. The van der Waals surface area contributed by atoms with E-state index in [9.17, 15) is 0 Å². The van der Waals surface area contributed by atoms with E-state index in [1.807, 2.05) is 11.8 Å². The number of benzene rings is 1. The predicted molar refractivity (Wildman–Crippen MR) is 86.4 cm³/mol. The Bertz CT molecular complexity index is 318. The molecule has 4 N–H and O–H groups in total. The molecule has 0 radical (unpaired) electrons. The number of nitrogens with two attached hydrogens (primary N) is 2. The van der Waals surface area contributed by atoms with Crippen molar-refractivity contribution in [1.82, 2.24) is 4.90 Å². The Kier molecular flexibility index (Phi) is 8.91. The molecule has 1 aromatic rings. The maximum absolute atomic E-state index is 5.96. The van der Waals surface area contributed by atoms with Crippen molar-refractivity contribution in [3.05, 3.63) is 35.9 Å². The van der Waals surface area contributed by atoms with Crippen LogP contribution in [-0.2, 0) is 6.54 Å². The maximum Gasteiger partial charge on any atom is 0.0237 e. The lowest BCUT2D eigenvalue weighted by Gasteiger charge is -2.31. The van der Waals surface area contributed by atoms with Crippen LogP contribution in [0.4, 0.5) is 0 Å². The molecule has 1 atom stereocenters. The van der Waals surface area contributed by atoms with Crippen molar-refractivity contribution >= 4 is 11.8 Å². The second-order valence-corrected chi connectivity index (χ2v) is 5.75. The fourth-order valence-electron chi connectivity index (χ4n) is 2.21. The monoisotopic (exact) mass is 281 g/mol. The van der Waals surface area contributed by atoms with Crippen LogP contribution in [0.2, 0.25) is 0 Å². The van der Waals surface area contributed by atoms with E-state index in [0.29, 0.717) is 6.04 Å². The minimum Gasteiger partial charge on any atom is -0.330 e. The lowest BCUT2D eigenvalue weighted by atomic mass is 10.1. The van der Waals surface area contributed by atoms with Crippen molar-refractivity contribution < 1.29 is 0 Å². The molecule has 0 heterocycles. The van der Waals surface area contributed by atoms with Crippen LogP contribution in [0.5, 0.6) is 0 Å². The molecule has 1 unspecified atom stereocenters. The van der Waals surface area contributed by atoms with Crippen molar-refractivity contribution in [2.75, 3.05) is 31.6 Å². The standard InChI is InChI=1S/C15H27N3S/c1-19-11-8-15(12-17)18(10-5-9-16)13-14-6-3-2-4-7-14/h2-4,6-7,15H,5,8-13,16-17H2,1H3. The van der Waals surface area contributed by atoms with Gasteiger partial charge >= 0.3 is 0 Å². The van der Waals surface area contributed by atoms with Crippen LogP contribution in [0.15, 0.2) is 30.3 Å². The fraction of sp³-hybridized carbons (Fsp3) is 0.600. The molecule has 0 aliphatic rings. The molecule has 0 aliphatic heterocycles. The smallest absolute Gasteiger partial charge is 0.0237 e. The van der Waals surface area contributed by atoms with Gasteiger partial charge in [-0.15, -0.1) is 0 Å². The van der Waals surface area contributed by atoms with Gasteiger partial charge in [-0.3, -0.25) is 4.90 Å². The highest BCUT2D eigenvalue weighted by Gasteiger charge is 2.16. The van der Waals surface area contributed by atoms with Gasteiger partial charge in [0.25, 0.3) is 0 Å². The molecule has 108 valence electrons. The zero-order valence-corrected chi connectivity index (χ0v) is 12.7. The Morgan fingerprint density at radius 3 is 2.53 bits per heavy atom. The van der Waals surface area contributed by atoms with Crippen molar-refractivity contribution in [3.8, 4) is 0 Å². The van der Waals surface area contributed by atoms with Gasteiger partial charge in [-0.2, -0.15) is 11.8 Å². The summed E-state index contributed by atoms with van der Waals surface area (Å²) < 4.78 is 0. The van der Waals surface area contributed by atoms with Gasteiger partial charge in [-0.25, -0.2) is 0 Å². The van der Waals surface area contributed by atoms with E-state index in [1.54, 1.807) is 0 Å². The quantitative estimate of drug-likeness (QED) is 0.688. The first-order valence-corrected chi connectivity index (χ1v) is 8.38. The average Bonchev–Trinajstić information content (AvgIpc) is 2.46. The predicted octanol–water partition coefficient (Wildman–Crippen LogP) is 1.92. The van der Waals surface area contributed by atoms with Crippen molar-refractivity contribution in [3.63, 3.8) is 0 Å². The van der Waals surface area contributed by atoms with Crippen LogP contribution in [0.25, 0.3) is 0 Å². The lowest BCUT2D eigenvalue weighted by molar-refractivity contribution is 0.186. The minimum atomic E-state index is 0.458. The summed E-state index contributed by atoms with van der Waals surface area (Å²) in [6.45, 7) is 3.46. The van der Waals surface area contributed by atoms with E-state index in [0.717, 1.165) is 44.8 Å². The zero-order valence-electron chi connectivity index (χ0n) is 11.9. The van der Waals surface area contributed by atoms with E-state index in [4.69, 9.17) is 11.5 Å². The summed E-state index contributed by atoms with van der Waals surface area (Å²) in [4.78, 5) is 2.48. The summed E-state index contributed by atoms with van der Waals surface area (Å²) in [6.07, 6.45) is 4.33. The fourth-order valence-corrected chi connectivity index (χ4v) is 2.71. The number of rotatable bonds is 10. The van der Waals surface area contributed by atoms with E-state index >= 15 is 0 Å². The van der Waals surface area contributed by atoms with Crippen LogP contribution in [0, 0.1) is 0 Å². The highest BCUT2D eigenvalue weighted by molar-refractivity contribution is 7.98. The molecule has 1 aromatic carbocycles. The Labute approximate surface area is 121 Å². The molecule has 19 heavy (non-hydrogen) atoms. The van der Waals surface area contributed by atoms with Crippen molar-refractivity contribution in [2.24, 2.45) is 11.5 Å². The van der Waals surface area contributed by atoms with Gasteiger partial charge in [-0.05, 0) is 37.0 Å². The maximum atomic E-state index is 5.96.